The lowest BCUT2D eigenvalue weighted by atomic mass is 10.1. The lowest BCUT2D eigenvalue weighted by Gasteiger charge is -2.22. The van der Waals surface area contributed by atoms with Gasteiger partial charge in [-0.1, -0.05) is 0 Å². The van der Waals surface area contributed by atoms with Gasteiger partial charge < -0.3 is 10.6 Å². The Kier molecular flexibility index (Phi) is 4.81. The summed E-state index contributed by atoms with van der Waals surface area (Å²) < 4.78 is 0. The van der Waals surface area contributed by atoms with Gasteiger partial charge >= 0.3 is 0 Å². The molecule has 0 bridgehead atoms. The summed E-state index contributed by atoms with van der Waals surface area (Å²) in [5.41, 5.74) is 0.363. The first-order chi connectivity index (χ1) is 8.79. The van der Waals surface area contributed by atoms with Gasteiger partial charge in [-0.2, -0.15) is 11.8 Å². The molecule has 1 aromatic rings. The summed E-state index contributed by atoms with van der Waals surface area (Å²) in [6.45, 7) is 2.47. The standard InChI is InChI=1S/C12H18N4OS/c1-2-13-12(17)10-3-4-11(16-15-10)14-9-5-7-18-8-6-9/h3-4,9H,2,5-8H2,1H3,(H,13,17)(H,14,16). The minimum Gasteiger partial charge on any atom is -0.366 e. The van der Waals surface area contributed by atoms with Gasteiger partial charge in [0.15, 0.2) is 5.69 Å². The van der Waals surface area contributed by atoms with E-state index in [4.69, 9.17) is 0 Å². The van der Waals surface area contributed by atoms with E-state index in [0.29, 0.717) is 18.3 Å². The van der Waals surface area contributed by atoms with Gasteiger partial charge in [0, 0.05) is 12.6 Å². The van der Waals surface area contributed by atoms with Crippen LogP contribution >= 0.6 is 11.8 Å². The summed E-state index contributed by atoms with van der Waals surface area (Å²) in [6, 6.07) is 4.01. The number of anilines is 1. The fraction of sp³-hybridized carbons (Fsp3) is 0.583. The second kappa shape index (κ2) is 6.58. The Morgan fingerprint density at radius 3 is 2.78 bits per heavy atom. The number of hydrogen-bond acceptors (Lipinski definition) is 5. The molecular weight excluding hydrogens is 248 g/mol. The van der Waals surface area contributed by atoms with E-state index in [-0.39, 0.29) is 5.91 Å². The molecule has 2 rings (SSSR count). The average Bonchev–Trinajstić information content (AvgIpc) is 2.41. The van der Waals surface area contributed by atoms with Crippen LogP contribution in [0.1, 0.15) is 30.3 Å². The highest BCUT2D eigenvalue weighted by Gasteiger charge is 2.14. The van der Waals surface area contributed by atoms with Gasteiger partial charge in [0.2, 0.25) is 0 Å². The van der Waals surface area contributed by atoms with Crippen LogP contribution in [-0.2, 0) is 0 Å². The van der Waals surface area contributed by atoms with Gasteiger partial charge in [-0.3, -0.25) is 4.79 Å². The number of carbonyl (C=O) groups excluding carboxylic acids is 1. The molecule has 18 heavy (non-hydrogen) atoms. The molecule has 1 saturated heterocycles. The Morgan fingerprint density at radius 1 is 1.39 bits per heavy atom. The number of amides is 1. The molecule has 1 aliphatic rings. The lowest BCUT2D eigenvalue weighted by molar-refractivity contribution is 0.0950. The van der Waals surface area contributed by atoms with Crippen molar-refractivity contribution in [2.45, 2.75) is 25.8 Å². The quantitative estimate of drug-likeness (QED) is 0.865. The summed E-state index contributed by atoms with van der Waals surface area (Å²) in [5, 5.41) is 14.0. The minimum absolute atomic E-state index is 0.175. The molecule has 2 N–H and O–H groups in total. The molecule has 1 aliphatic heterocycles. The van der Waals surface area contributed by atoms with Crippen molar-refractivity contribution in [3.63, 3.8) is 0 Å². The van der Waals surface area contributed by atoms with Crippen LogP contribution in [0.3, 0.4) is 0 Å². The molecule has 2 heterocycles. The number of hydrogen-bond donors (Lipinski definition) is 2. The molecule has 6 heteroatoms. The molecule has 5 nitrogen and oxygen atoms in total. The van der Waals surface area contributed by atoms with Crippen molar-refractivity contribution in [1.82, 2.24) is 15.5 Å². The number of carbonyl (C=O) groups is 1. The van der Waals surface area contributed by atoms with Gasteiger partial charge in [0.25, 0.3) is 5.91 Å². The monoisotopic (exact) mass is 266 g/mol. The molecule has 1 amide bonds. The Hall–Kier alpha value is -1.30. The van der Waals surface area contributed by atoms with Crippen LogP contribution in [0.4, 0.5) is 5.82 Å². The zero-order valence-corrected chi connectivity index (χ0v) is 11.3. The van der Waals surface area contributed by atoms with Crippen LogP contribution in [0.15, 0.2) is 12.1 Å². The average molecular weight is 266 g/mol. The third-order valence-corrected chi connectivity index (χ3v) is 3.86. The van der Waals surface area contributed by atoms with Crippen molar-refractivity contribution in [2.75, 3.05) is 23.4 Å². The van der Waals surface area contributed by atoms with Crippen LogP contribution < -0.4 is 10.6 Å². The Labute approximate surface area is 111 Å². The maximum absolute atomic E-state index is 11.5. The lowest BCUT2D eigenvalue weighted by Crippen LogP contribution is -2.26. The van der Waals surface area contributed by atoms with E-state index in [0.717, 1.165) is 18.7 Å². The van der Waals surface area contributed by atoms with E-state index in [1.54, 1.807) is 6.07 Å². The predicted molar refractivity (Wildman–Crippen MR) is 74.0 cm³/mol. The molecule has 1 fully saturated rings. The van der Waals surface area contributed by atoms with Crippen molar-refractivity contribution in [2.24, 2.45) is 0 Å². The molecule has 98 valence electrons. The molecule has 0 atom stereocenters. The van der Waals surface area contributed by atoms with Crippen molar-refractivity contribution < 1.29 is 4.79 Å². The summed E-state index contributed by atoms with van der Waals surface area (Å²) in [5.74, 6) is 2.97. The SMILES string of the molecule is CCNC(=O)c1ccc(NC2CCSCC2)nn1. The second-order valence-electron chi connectivity index (χ2n) is 4.19. The van der Waals surface area contributed by atoms with E-state index in [9.17, 15) is 4.79 Å². The zero-order chi connectivity index (χ0) is 12.8. The summed E-state index contributed by atoms with van der Waals surface area (Å²) in [7, 11) is 0. The zero-order valence-electron chi connectivity index (χ0n) is 10.5. The highest BCUT2D eigenvalue weighted by molar-refractivity contribution is 7.99. The third kappa shape index (κ3) is 3.60. The first-order valence-electron chi connectivity index (χ1n) is 6.26. The molecule has 0 radical (unpaired) electrons. The van der Waals surface area contributed by atoms with E-state index in [1.165, 1.54) is 11.5 Å². The topological polar surface area (TPSA) is 66.9 Å². The van der Waals surface area contributed by atoms with Crippen LogP contribution in [0.2, 0.25) is 0 Å². The van der Waals surface area contributed by atoms with Gasteiger partial charge in [0.05, 0.1) is 0 Å². The molecule has 0 saturated carbocycles. The van der Waals surface area contributed by atoms with Gasteiger partial charge in [-0.15, -0.1) is 10.2 Å². The van der Waals surface area contributed by atoms with Gasteiger partial charge in [0.1, 0.15) is 5.82 Å². The maximum Gasteiger partial charge on any atom is 0.271 e. The molecule has 0 aromatic carbocycles. The number of aromatic nitrogens is 2. The van der Waals surface area contributed by atoms with Crippen molar-refractivity contribution in [1.29, 1.82) is 0 Å². The minimum atomic E-state index is -0.175. The van der Waals surface area contributed by atoms with Gasteiger partial charge in [-0.25, -0.2) is 0 Å². The van der Waals surface area contributed by atoms with E-state index in [2.05, 4.69) is 20.8 Å². The van der Waals surface area contributed by atoms with Crippen LogP contribution in [0.5, 0.6) is 0 Å². The number of thioether (sulfide) groups is 1. The van der Waals surface area contributed by atoms with E-state index in [1.807, 2.05) is 24.8 Å². The predicted octanol–water partition coefficient (Wildman–Crippen LogP) is 1.53. The number of nitrogens with one attached hydrogen (secondary N) is 2. The van der Waals surface area contributed by atoms with Crippen LogP contribution in [-0.4, -0.2) is 40.2 Å². The van der Waals surface area contributed by atoms with Gasteiger partial charge in [-0.05, 0) is 43.4 Å². The second-order valence-corrected chi connectivity index (χ2v) is 5.42. The normalized spacial score (nSPS) is 16.3. The van der Waals surface area contributed by atoms with E-state index >= 15 is 0 Å². The highest BCUT2D eigenvalue weighted by atomic mass is 32.2. The van der Waals surface area contributed by atoms with Crippen LogP contribution in [0.25, 0.3) is 0 Å². The summed E-state index contributed by atoms with van der Waals surface area (Å²) in [6.07, 6.45) is 2.31. The third-order valence-electron chi connectivity index (χ3n) is 2.81. The number of nitrogens with zero attached hydrogens (tertiary/aromatic N) is 2. The highest BCUT2D eigenvalue weighted by Crippen LogP contribution is 2.19. The summed E-state index contributed by atoms with van der Waals surface area (Å²) >= 11 is 1.99. The first-order valence-corrected chi connectivity index (χ1v) is 7.41. The summed E-state index contributed by atoms with van der Waals surface area (Å²) in [4.78, 5) is 11.5. The maximum atomic E-state index is 11.5. The van der Waals surface area contributed by atoms with E-state index < -0.39 is 0 Å². The van der Waals surface area contributed by atoms with Crippen LogP contribution in [0, 0.1) is 0 Å². The smallest absolute Gasteiger partial charge is 0.271 e. The molecule has 0 spiro atoms. The number of rotatable bonds is 4. The largest absolute Gasteiger partial charge is 0.366 e. The molecule has 1 aromatic heterocycles. The fourth-order valence-corrected chi connectivity index (χ4v) is 2.94. The van der Waals surface area contributed by atoms with Crippen molar-refractivity contribution in [3.8, 4) is 0 Å². The molecule has 0 aliphatic carbocycles. The van der Waals surface area contributed by atoms with Crippen molar-refractivity contribution in [3.05, 3.63) is 17.8 Å². The Bertz CT molecular complexity index is 390. The fourth-order valence-electron chi connectivity index (χ4n) is 1.83. The molecule has 0 unspecified atom stereocenters. The molecular formula is C12H18N4OS. The Balaban J connectivity index is 1.92. The Morgan fingerprint density at radius 2 is 2.17 bits per heavy atom. The first kappa shape index (κ1) is 13.1. The van der Waals surface area contributed by atoms with Crippen molar-refractivity contribution >= 4 is 23.5 Å².